The van der Waals surface area contributed by atoms with Crippen LogP contribution in [-0.2, 0) is 12.3 Å². The molecule has 2 heterocycles. The molecule has 0 aliphatic carbocycles. The van der Waals surface area contributed by atoms with Gasteiger partial charge in [-0.3, -0.25) is 4.98 Å². The van der Waals surface area contributed by atoms with E-state index < -0.39 is 0 Å². The topological polar surface area (TPSA) is 43.6 Å². The van der Waals surface area contributed by atoms with E-state index in [0.717, 1.165) is 39.7 Å². The maximum Gasteiger partial charge on any atom is 0.191 e. The second kappa shape index (κ2) is 7.75. The van der Waals surface area contributed by atoms with Gasteiger partial charge in [-0.1, -0.05) is 52.8 Å². The fraction of sp³-hybridized carbons (Fsp3) is 0.235. The van der Waals surface area contributed by atoms with Gasteiger partial charge in [0, 0.05) is 34.7 Å². The van der Waals surface area contributed by atoms with Gasteiger partial charge in [-0.15, -0.1) is 10.2 Å². The molecule has 0 saturated heterocycles. The SMILES string of the molecule is CCCn1c(SCc2ccccc2Br)nnc1-c1ccncc1. The molecule has 0 aliphatic rings. The first kappa shape index (κ1) is 16.2. The number of thioether (sulfide) groups is 1. The van der Waals surface area contributed by atoms with Gasteiger partial charge in [-0.05, 0) is 30.2 Å². The minimum absolute atomic E-state index is 0.861. The van der Waals surface area contributed by atoms with Gasteiger partial charge in [0.25, 0.3) is 0 Å². The van der Waals surface area contributed by atoms with Crippen LogP contribution in [0, 0.1) is 0 Å². The van der Waals surface area contributed by atoms with Crippen molar-refractivity contribution in [1.82, 2.24) is 19.7 Å². The first-order valence-corrected chi connectivity index (χ1v) is 9.27. The quantitative estimate of drug-likeness (QED) is 0.568. The standard InChI is InChI=1S/C17H17BrN4S/c1-2-11-22-16(13-7-9-19-10-8-13)20-21-17(22)23-12-14-5-3-4-6-15(14)18/h3-10H,2,11-12H2,1H3. The van der Waals surface area contributed by atoms with Crippen LogP contribution in [0.25, 0.3) is 11.4 Å². The van der Waals surface area contributed by atoms with Crippen molar-refractivity contribution < 1.29 is 0 Å². The van der Waals surface area contributed by atoms with Crippen LogP contribution in [0.4, 0.5) is 0 Å². The molecule has 118 valence electrons. The van der Waals surface area contributed by atoms with Gasteiger partial charge >= 0.3 is 0 Å². The Morgan fingerprint density at radius 1 is 1.09 bits per heavy atom. The molecule has 0 saturated carbocycles. The summed E-state index contributed by atoms with van der Waals surface area (Å²) in [5.41, 5.74) is 2.31. The van der Waals surface area contributed by atoms with Gasteiger partial charge in [-0.25, -0.2) is 0 Å². The van der Waals surface area contributed by atoms with Crippen molar-refractivity contribution in [2.45, 2.75) is 30.8 Å². The summed E-state index contributed by atoms with van der Waals surface area (Å²) in [6.07, 6.45) is 4.61. The smallest absolute Gasteiger partial charge is 0.191 e. The first-order valence-electron chi connectivity index (χ1n) is 7.49. The molecule has 3 rings (SSSR count). The van der Waals surface area contributed by atoms with Crippen LogP contribution in [0.2, 0.25) is 0 Å². The summed E-state index contributed by atoms with van der Waals surface area (Å²) in [7, 11) is 0. The second-order valence-corrected chi connectivity index (χ2v) is 6.87. The Kier molecular flexibility index (Phi) is 5.46. The fourth-order valence-corrected chi connectivity index (χ4v) is 3.87. The summed E-state index contributed by atoms with van der Waals surface area (Å²) in [5.74, 6) is 1.77. The number of benzene rings is 1. The Bertz CT molecular complexity index is 773. The van der Waals surface area contributed by atoms with Crippen LogP contribution in [0.1, 0.15) is 18.9 Å². The molecule has 23 heavy (non-hydrogen) atoms. The number of aromatic nitrogens is 4. The Labute approximate surface area is 148 Å². The van der Waals surface area contributed by atoms with Crippen LogP contribution in [0.15, 0.2) is 58.4 Å². The van der Waals surface area contributed by atoms with E-state index in [1.165, 1.54) is 5.56 Å². The number of rotatable bonds is 6. The molecular weight excluding hydrogens is 372 g/mol. The predicted octanol–water partition coefficient (Wildman–Crippen LogP) is 4.80. The van der Waals surface area contributed by atoms with E-state index in [1.807, 2.05) is 18.2 Å². The summed E-state index contributed by atoms with van der Waals surface area (Å²) in [6.45, 7) is 3.07. The summed E-state index contributed by atoms with van der Waals surface area (Å²) in [5, 5.41) is 9.74. The average molecular weight is 389 g/mol. The highest BCUT2D eigenvalue weighted by Gasteiger charge is 2.14. The Balaban J connectivity index is 1.85. The van der Waals surface area contributed by atoms with Crippen LogP contribution >= 0.6 is 27.7 Å². The van der Waals surface area contributed by atoms with Crippen molar-refractivity contribution in [2.24, 2.45) is 0 Å². The zero-order valence-corrected chi connectivity index (χ0v) is 15.2. The first-order chi connectivity index (χ1) is 11.3. The van der Waals surface area contributed by atoms with Crippen molar-refractivity contribution in [3.8, 4) is 11.4 Å². The monoisotopic (exact) mass is 388 g/mol. The van der Waals surface area contributed by atoms with Crippen molar-refractivity contribution in [3.05, 3.63) is 58.8 Å². The highest BCUT2D eigenvalue weighted by molar-refractivity contribution is 9.10. The number of hydrogen-bond acceptors (Lipinski definition) is 4. The molecule has 0 fully saturated rings. The van der Waals surface area contributed by atoms with Gasteiger partial charge in [0.05, 0.1) is 0 Å². The van der Waals surface area contributed by atoms with Gasteiger partial charge in [0.15, 0.2) is 11.0 Å². The van der Waals surface area contributed by atoms with Crippen molar-refractivity contribution in [1.29, 1.82) is 0 Å². The van der Waals surface area contributed by atoms with Gasteiger partial charge in [0.2, 0.25) is 0 Å². The molecular formula is C17H17BrN4S. The maximum atomic E-state index is 4.40. The lowest BCUT2D eigenvalue weighted by atomic mass is 10.2. The van der Waals surface area contributed by atoms with Gasteiger partial charge < -0.3 is 4.57 Å². The minimum Gasteiger partial charge on any atom is -0.302 e. The summed E-state index contributed by atoms with van der Waals surface area (Å²) in [6, 6.07) is 12.2. The van der Waals surface area contributed by atoms with Crippen molar-refractivity contribution in [2.75, 3.05) is 0 Å². The average Bonchev–Trinajstić information content (AvgIpc) is 2.98. The molecule has 0 radical (unpaired) electrons. The minimum atomic E-state index is 0.861. The van der Waals surface area contributed by atoms with E-state index in [9.17, 15) is 0 Å². The Hall–Kier alpha value is -1.66. The molecule has 0 aliphatic heterocycles. The largest absolute Gasteiger partial charge is 0.302 e. The molecule has 0 amide bonds. The van der Waals surface area contributed by atoms with Gasteiger partial charge in [0.1, 0.15) is 0 Å². The molecule has 0 N–H and O–H groups in total. The lowest BCUT2D eigenvalue weighted by Gasteiger charge is -2.09. The normalized spacial score (nSPS) is 10.9. The molecule has 4 nitrogen and oxygen atoms in total. The molecule has 0 unspecified atom stereocenters. The van der Waals surface area contributed by atoms with E-state index in [2.05, 4.69) is 60.8 Å². The zero-order chi connectivity index (χ0) is 16.1. The third-order valence-electron chi connectivity index (χ3n) is 3.42. The molecule has 1 aromatic carbocycles. The lowest BCUT2D eigenvalue weighted by molar-refractivity contribution is 0.626. The van der Waals surface area contributed by atoms with E-state index in [4.69, 9.17) is 0 Å². The number of pyridine rings is 1. The second-order valence-electron chi connectivity index (χ2n) is 5.07. The van der Waals surface area contributed by atoms with Crippen molar-refractivity contribution >= 4 is 27.7 Å². The molecule has 0 spiro atoms. The lowest BCUT2D eigenvalue weighted by Crippen LogP contribution is -2.02. The van der Waals surface area contributed by atoms with Crippen LogP contribution in [-0.4, -0.2) is 19.7 Å². The zero-order valence-electron chi connectivity index (χ0n) is 12.8. The molecule has 3 aromatic rings. The summed E-state index contributed by atoms with van der Waals surface area (Å²) in [4.78, 5) is 4.07. The maximum absolute atomic E-state index is 4.40. The number of nitrogens with zero attached hydrogens (tertiary/aromatic N) is 4. The fourth-order valence-electron chi connectivity index (χ4n) is 2.29. The number of halogens is 1. The predicted molar refractivity (Wildman–Crippen MR) is 97.2 cm³/mol. The van der Waals surface area contributed by atoms with Crippen LogP contribution in [0.5, 0.6) is 0 Å². The summed E-state index contributed by atoms with van der Waals surface area (Å²) < 4.78 is 3.32. The van der Waals surface area contributed by atoms with E-state index in [0.29, 0.717) is 0 Å². The van der Waals surface area contributed by atoms with Gasteiger partial charge in [-0.2, -0.15) is 0 Å². The van der Waals surface area contributed by atoms with E-state index >= 15 is 0 Å². The third kappa shape index (κ3) is 3.82. The number of hydrogen-bond donors (Lipinski definition) is 0. The highest BCUT2D eigenvalue weighted by atomic mass is 79.9. The van der Waals surface area contributed by atoms with Crippen LogP contribution in [0.3, 0.4) is 0 Å². The molecule has 0 bridgehead atoms. The van der Waals surface area contributed by atoms with E-state index in [-0.39, 0.29) is 0 Å². The Morgan fingerprint density at radius 3 is 2.61 bits per heavy atom. The van der Waals surface area contributed by atoms with E-state index in [1.54, 1.807) is 24.2 Å². The summed E-state index contributed by atoms with van der Waals surface area (Å²) >= 11 is 5.31. The molecule has 0 atom stereocenters. The highest BCUT2D eigenvalue weighted by Crippen LogP contribution is 2.28. The van der Waals surface area contributed by atoms with Crippen molar-refractivity contribution in [3.63, 3.8) is 0 Å². The third-order valence-corrected chi connectivity index (χ3v) is 5.21. The Morgan fingerprint density at radius 2 is 1.87 bits per heavy atom. The molecule has 2 aromatic heterocycles. The molecule has 6 heteroatoms. The van der Waals surface area contributed by atoms with Crippen LogP contribution < -0.4 is 0 Å².